The Kier molecular flexibility index (Phi) is 3.28. The summed E-state index contributed by atoms with van der Waals surface area (Å²) < 4.78 is 0. The lowest BCUT2D eigenvalue weighted by Gasteiger charge is -2.35. The Bertz CT molecular complexity index is 582. The zero-order valence-corrected chi connectivity index (χ0v) is 13.2. The van der Waals surface area contributed by atoms with E-state index >= 15 is 0 Å². The van der Waals surface area contributed by atoms with Gasteiger partial charge in [-0.15, -0.1) is 0 Å². The minimum absolute atomic E-state index is 0.309. The second kappa shape index (κ2) is 4.85. The van der Waals surface area contributed by atoms with Gasteiger partial charge in [-0.25, -0.2) is 0 Å². The average Bonchev–Trinajstić information content (AvgIpc) is 3.13. The van der Waals surface area contributed by atoms with E-state index < -0.39 is 0 Å². The van der Waals surface area contributed by atoms with Gasteiger partial charge in [-0.3, -0.25) is 0 Å². The summed E-state index contributed by atoms with van der Waals surface area (Å²) >= 11 is 0. The number of hydrogen-bond donors (Lipinski definition) is 0. The summed E-state index contributed by atoms with van der Waals surface area (Å²) in [5, 5.41) is 0. The number of anilines is 1. The Morgan fingerprint density at radius 1 is 1.25 bits per heavy atom. The molecule has 1 heterocycles. The highest BCUT2D eigenvalue weighted by molar-refractivity contribution is 5.64. The molecule has 1 aromatic carbocycles. The van der Waals surface area contributed by atoms with Crippen molar-refractivity contribution in [2.24, 2.45) is 5.41 Å². The zero-order chi connectivity index (χ0) is 14.3. The fraction of sp³-hybridized carbons (Fsp3) is 0.579. The Morgan fingerprint density at radius 3 is 2.65 bits per heavy atom. The smallest absolute Gasteiger partial charge is 0.0416 e. The summed E-state index contributed by atoms with van der Waals surface area (Å²) in [4.78, 5) is 2.54. The van der Waals surface area contributed by atoms with Gasteiger partial charge in [0.05, 0.1) is 0 Å². The van der Waals surface area contributed by atoms with Crippen LogP contribution in [0, 0.1) is 24.2 Å². The second-order valence-electron chi connectivity index (χ2n) is 7.01. The lowest BCUT2D eigenvalue weighted by molar-refractivity contribution is 0.625. The lowest BCUT2D eigenvalue weighted by atomic mass is 9.93. The van der Waals surface area contributed by atoms with Crippen LogP contribution in [0.2, 0.25) is 0 Å². The predicted octanol–water partition coefficient (Wildman–Crippen LogP) is 4.31. The van der Waals surface area contributed by atoms with Gasteiger partial charge in [0.1, 0.15) is 0 Å². The SMILES string of the molecule is Cc1cc(C#CC2(C)CC2)c2c(c1)N(C(C)C)CCC2. The first-order chi connectivity index (χ1) is 9.48. The highest BCUT2D eigenvalue weighted by Gasteiger charge is 2.35. The fourth-order valence-electron chi connectivity index (χ4n) is 3.04. The highest BCUT2D eigenvalue weighted by atomic mass is 15.2. The molecule has 0 amide bonds. The molecule has 1 fully saturated rings. The molecule has 0 spiro atoms. The molecular weight excluding hydrogens is 242 g/mol. The zero-order valence-electron chi connectivity index (χ0n) is 13.2. The van der Waals surface area contributed by atoms with Gasteiger partial charge in [-0.05, 0) is 76.6 Å². The Labute approximate surface area is 123 Å². The molecule has 1 aromatic rings. The van der Waals surface area contributed by atoms with Crippen molar-refractivity contribution in [1.82, 2.24) is 0 Å². The van der Waals surface area contributed by atoms with Gasteiger partial charge < -0.3 is 4.90 Å². The quantitative estimate of drug-likeness (QED) is 0.685. The van der Waals surface area contributed by atoms with Crippen LogP contribution in [0.25, 0.3) is 0 Å². The summed E-state index contributed by atoms with van der Waals surface area (Å²) in [5.41, 5.74) is 5.83. The van der Waals surface area contributed by atoms with Gasteiger partial charge in [0, 0.05) is 29.3 Å². The number of aryl methyl sites for hydroxylation is 1. The molecule has 1 nitrogen and oxygen atoms in total. The minimum Gasteiger partial charge on any atom is -0.369 e. The molecule has 1 saturated carbocycles. The van der Waals surface area contributed by atoms with E-state index in [4.69, 9.17) is 0 Å². The molecule has 1 aliphatic carbocycles. The Morgan fingerprint density at radius 2 is 2.00 bits per heavy atom. The molecule has 0 radical (unpaired) electrons. The molecular formula is C19H25N. The average molecular weight is 267 g/mol. The van der Waals surface area contributed by atoms with Crippen molar-refractivity contribution in [2.75, 3.05) is 11.4 Å². The van der Waals surface area contributed by atoms with Crippen LogP contribution in [0.15, 0.2) is 12.1 Å². The maximum Gasteiger partial charge on any atom is 0.0416 e. The predicted molar refractivity (Wildman–Crippen MR) is 86.2 cm³/mol. The second-order valence-corrected chi connectivity index (χ2v) is 7.01. The van der Waals surface area contributed by atoms with E-state index in [0.717, 1.165) is 0 Å². The molecule has 1 heteroatoms. The third-order valence-corrected chi connectivity index (χ3v) is 4.63. The number of fused-ring (bicyclic) bond motifs is 1. The minimum atomic E-state index is 0.309. The van der Waals surface area contributed by atoms with Crippen LogP contribution in [0.1, 0.15) is 56.7 Å². The summed E-state index contributed by atoms with van der Waals surface area (Å²) in [5.74, 6) is 7.00. The van der Waals surface area contributed by atoms with Crippen LogP contribution in [0.3, 0.4) is 0 Å². The molecule has 0 atom stereocenters. The van der Waals surface area contributed by atoms with Gasteiger partial charge in [-0.2, -0.15) is 0 Å². The molecule has 0 saturated heterocycles. The van der Waals surface area contributed by atoms with Crippen molar-refractivity contribution in [1.29, 1.82) is 0 Å². The van der Waals surface area contributed by atoms with Gasteiger partial charge in [0.25, 0.3) is 0 Å². The maximum atomic E-state index is 3.50. The van der Waals surface area contributed by atoms with E-state index in [1.165, 1.54) is 54.6 Å². The molecule has 0 N–H and O–H groups in total. The van der Waals surface area contributed by atoms with Crippen LogP contribution >= 0.6 is 0 Å². The summed E-state index contributed by atoms with van der Waals surface area (Å²) in [6.07, 6.45) is 4.97. The summed E-state index contributed by atoms with van der Waals surface area (Å²) in [6, 6.07) is 5.19. The summed E-state index contributed by atoms with van der Waals surface area (Å²) in [7, 11) is 0. The largest absolute Gasteiger partial charge is 0.369 e. The topological polar surface area (TPSA) is 3.24 Å². The van der Waals surface area contributed by atoms with Crippen LogP contribution in [0.5, 0.6) is 0 Å². The first kappa shape index (κ1) is 13.6. The van der Waals surface area contributed by atoms with E-state index in [-0.39, 0.29) is 0 Å². The van der Waals surface area contributed by atoms with E-state index in [2.05, 4.69) is 56.6 Å². The van der Waals surface area contributed by atoms with Gasteiger partial charge in [0.15, 0.2) is 0 Å². The molecule has 0 bridgehead atoms. The first-order valence-electron chi connectivity index (χ1n) is 7.92. The molecule has 106 valence electrons. The molecule has 3 rings (SSSR count). The Balaban J connectivity index is 2.04. The van der Waals surface area contributed by atoms with Crippen LogP contribution < -0.4 is 4.90 Å². The van der Waals surface area contributed by atoms with Gasteiger partial charge in [-0.1, -0.05) is 11.8 Å². The molecule has 0 aromatic heterocycles. The van der Waals surface area contributed by atoms with Crippen LogP contribution in [-0.2, 0) is 6.42 Å². The van der Waals surface area contributed by atoms with E-state index in [1.807, 2.05) is 0 Å². The van der Waals surface area contributed by atoms with Crippen molar-refractivity contribution < 1.29 is 0 Å². The van der Waals surface area contributed by atoms with E-state index in [0.29, 0.717) is 11.5 Å². The third kappa shape index (κ3) is 2.57. The molecule has 20 heavy (non-hydrogen) atoms. The number of nitrogens with zero attached hydrogens (tertiary/aromatic N) is 1. The normalized spacial score (nSPS) is 19.4. The molecule has 2 aliphatic rings. The monoisotopic (exact) mass is 267 g/mol. The fourth-order valence-corrected chi connectivity index (χ4v) is 3.04. The summed E-state index contributed by atoms with van der Waals surface area (Å²) in [6.45, 7) is 10.2. The standard InChI is InChI=1S/C19H25N/c1-14(2)20-11-5-6-17-16(7-8-19(4)9-10-19)12-15(3)13-18(17)20/h12-14H,5-6,9-11H2,1-4H3. The lowest BCUT2D eigenvalue weighted by Crippen LogP contribution is -2.35. The highest BCUT2D eigenvalue weighted by Crippen LogP contribution is 2.44. The van der Waals surface area contributed by atoms with Crippen molar-refractivity contribution in [3.63, 3.8) is 0 Å². The van der Waals surface area contributed by atoms with Crippen molar-refractivity contribution in [3.05, 3.63) is 28.8 Å². The third-order valence-electron chi connectivity index (χ3n) is 4.63. The number of hydrogen-bond acceptors (Lipinski definition) is 1. The Hall–Kier alpha value is -1.42. The van der Waals surface area contributed by atoms with E-state index in [1.54, 1.807) is 0 Å². The van der Waals surface area contributed by atoms with Gasteiger partial charge >= 0.3 is 0 Å². The number of benzene rings is 1. The van der Waals surface area contributed by atoms with E-state index in [9.17, 15) is 0 Å². The maximum absolute atomic E-state index is 3.50. The molecule has 1 aliphatic heterocycles. The van der Waals surface area contributed by atoms with Crippen molar-refractivity contribution in [2.45, 2.75) is 59.4 Å². The molecule has 0 unspecified atom stereocenters. The number of rotatable bonds is 1. The van der Waals surface area contributed by atoms with Crippen molar-refractivity contribution in [3.8, 4) is 11.8 Å². The van der Waals surface area contributed by atoms with Gasteiger partial charge in [0.2, 0.25) is 0 Å². The van der Waals surface area contributed by atoms with Crippen molar-refractivity contribution >= 4 is 5.69 Å². The van der Waals surface area contributed by atoms with Crippen LogP contribution in [0.4, 0.5) is 5.69 Å². The first-order valence-corrected chi connectivity index (χ1v) is 7.92. The van der Waals surface area contributed by atoms with Crippen LogP contribution in [-0.4, -0.2) is 12.6 Å².